The van der Waals surface area contributed by atoms with Gasteiger partial charge in [-0.1, -0.05) is 6.07 Å². The van der Waals surface area contributed by atoms with Gasteiger partial charge in [-0.15, -0.1) is 0 Å². The van der Waals surface area contributed by atoms with Crippen LogP contribution < -0.4 is 0 Å². The maximum Gasteiger partial charge on any atom is 0.194 e. The molecule has 0 saturated carbocycles. The highest BCUT2D eigenvalue weighted by Gasteiger charge is 2.26. The molecule has 0 amide bonds. The van der Waals surface area contributed by atoms with Crippen LogP contribution in [0.5, 0.6) is 0 Å². The Morgan fingerprint density at radius 2 is 2.12 bits per heavy atom. The van der Waals surface area contributed by atoms with Gasteiger partial charge in [0.2, 0.25) is 0 Å². The molecule has 1 saturated heterocycles. The maximum atomic E-state index is 13.8. The second kappa shape index (κ2) is 4.96. The Balaban J connectivity index is 2.30. The molecule has 1 heterocycles. The van der Waals surface area contributed by atoms with E-state index in [0.29, 0.717) is 18.6 Å². The largest absolute Gasteiger partial charge is 0.370 e. The second-order valence-electron chi connectivity index (χ2n) is 4.66. The van der Waals surface area contributed by atoms with Crippen LogP contribution >= 0.6 is 0 Å². The van der Waals surface area contributed by atoms with E-state index in [0.717, 1.165) is 18.4 Å². The quantitative estimate of drug-likeness (QED) is 0.737. The van der Waals surface area contributed by atoms with E-state index in [2.05, 4.69) is 0 Å². The van der Waals surface area contributed by atoms with E-state index in [1.807, 2.05) is 13.0 Å². The van der Waals surface area contributed by atoms with E-state index in [9.17, 15) is 9.18 Å². The summed E-state index contributed by atoms with van der Waals surface area (Å²) in [4.78, 5) is 12.2. The lowest BCUT2D eigenvalue weighted by atomic mass is 9.95. The fourth-order valence-corrected chi connectivity index (χ4v) is 2.34. The molecule has 1 aromatic carbocycles. The highest BCUT2D eigenvalue weighted by molar-refractivity contribution is 6.01. The molecule has 1 unspecified atom stereocenters. The van der Waals surface area contributed by atoms with Crippen molar-refractivity contribution in [2.24, 2.45) is 0 Å². The molecule has 0 bridgehead atoms. The number of carbonyl (C=O) groups is 1. The van der Waals surface area contributed by atoms with Gasteiger partial charge in [-0.05, 0) is 50.3 Å². The summed E-state index contributed by atoms with van der Waals surface area (Å²) in [7, 11) is 0. The summed E-state index contributed by atoms with van der Waals surface area (Å²) >= 11 is 0. The minimum absolute atomic E-state index is 0.197. The summed E-state index contributed by atoms with van der Waals surface area (Å²) in [6, 6.07) is 3.24. The molecule has 2 nitrogen and oxygen atoms in total. The van der Waals surface area contributed by atoms with Crippen LogP contribution in [0.1, 0.15) is 40.7 Å². The van der Waals surface area contributed by atoms with Crippen molar-refractivity contribution in [3.05, 3.63) is 34.6 Å². The molecule has 92 valence electrons. The zero-order chi connectivity index (χ0) is 12.4. The number of Topliss-reactive ketones (excluding diaryl/α,β-unsaturated/α-hetero) is 1. The van der Waals surface area contributed by atoms with Gasteiger partial charge in [0.25, 0.3) is 0 Å². The molecule has 17 heavy (non-hydrogen) atoms. The number of ketones is 1. The zero-order valence-electron chi connectivity index (χ0n) is 10.3. The Hall–Kier alpha value is -1.22. The number of hydrogen-bond acceptors (Lipinski definition) is 2. The Kier molecular flexibility index (Phi) is 3.57. The first-order valence-corrected chi connectivity index (χ1v) is 6.02. The van der Waals surface area contributed by atoms with E-state index < -0.39 is 11.9 Å². The lowest BCUT2D eigenvalue weighted by Crippen LogP contribution is -2.29. The maximum absolute atomic E-state index is 13.8. The monoisotopic (exact) mass is 236 g/mol. The van der Waals surface area contributed by atoms with Crippen molar-refractivity contribution in [3.8, 4) is 0 Å². The van der Waals surface area contributed by atoms with Crippen LogP contribution in [0.3, 0.4) is 0 Å². The van der Waals surface area contributed by atoms with Crippen LogP contribution in [0.15, 0.2) is 12.1 Å². The van der Waals surface area contributed by atoms with E-state index in [1.165, 1.54) is 6.07 Å². The topological polar surface area (TPSA) is 26.3 Å². The Morgan fingerprint density at radius 1 is 1.35 bits per heavy atom. The van der Waals surface area contributed by atoms with Gasteiger partial charge in [0.1, 0.15) is 11.9 Å². The first-order chi connectivity index (χ1) is 8.09. The molecule has 0 aliphatic carbocycles. The Labute approximate surface area is 101 Å². The van der Waals surface area contributed by atoms with Crippen LogP contribution in [0, 0.1) is 19.7 Å². The van der Waals surface area contributed by atoms with Crippen molar-refractivity contribution in [1.29, 1.82) is 0 Å². The predicted molar refractivity (Wildman–Crippen MR) is 63.8 cm³/mol. The minimum Gasteiger partial charge on any atom is -0.370 e. The van der Waals surface area contributed by atoms with E-state index in [4.69, 9.17) is 4.74 Å². The summed E-state index contributed by atoms with van der Waals surface area (Å²) in [6.07, 6.45) is 2.20. The minimum atomic E-state index is -0.459. The number of benzene rings is 1. The Bertz CT molecular complexity index is 411. The predicted octanol–water partition coefficient (Wildman–Crippen LogP) is 3.19. The summed E-state index contributed by atoms with van der Waals surface area (Å²) in [5.41, 5.74) is 1.73. The van der Waals surface area contributed by atoms with Crippen LogP contribution in [-0.4, -0.2) is 18.5 Å². The van der Waals surface area contributed by atoms with Crippen molar-refractivity contribution >= 4 is 5.78 Å². The van der Waals surface area contributed by atoms with E-state index >= 15 is 0 Å². The molecular weight excluding hydrogens is 219 g/mol. The first-order valence-electron chi connectivity index (χ1n) is 6.02. The van der Waals surface area contributed by atoms with E-state index in [-0.39, 0.29) is 11.3 Å². The normalized spacial score (nSPS) is 20.3. The van der Waals surface area contributed by atoms with E-state index in [1.54, 1.807) is 6.92 Å². The molecule has 0 spiro atoms. The summed E-state index contributed by atoms with van der Waals surface area (Å²) in [5, 5.41) is 0. The molecule has 1 aliphatic heterocycles. The molecule has 1 aliphatic rings. The summed E-state index contributed by atoms with van der Waals surface area (Å²) < 4.78 is 19.3. The SMILES string of the molecule is Cc1cc(C)c(C(=O)C2CCCCO2)c(F)c1. The molecular formula is C14H17FO2. The van der Waals surface area contributed by atoms with Gasteiger partial charge in [0.05, 0.1) is 5.56 Å². The number of carbonyl (C=O) groups excluding carboxylic acids is 1. The number of rotatable bonds is 2. The fourth-order valence-electron chi connectivity index (χ4n) is 2.34. The van der Waals surface area contributed by atoms with Crippen LogP contribution in [0.4, 0.5) is 4.39 Å². The number of ether oxygens (including phenoxy) is 1. The standard InChI is InChI=1S/C14H17FO2/c1-9-7-10(2)13(11(15)8-9)14(16)12-5-3-4-6-17-12/h7-8,12H,3-6H2,1-2H3. The fraction of sp³-hybridized carbons (Fsp3) is 0.500. The second-order valence-corrected chi connectivity index (χ2v) is 4.66. The zero-order valence-corrected chi connectivity index (χ0v) is 10.3. The van der Waals surface area contributed by atoms with Crippen LogP contribution in [0.2, 0.25) is 0 Å². The number of halogens is 1. The first kappa shape index (κ1) is 12.2. The molecule has 1 atom stereocenters. The van der Waals surface area contributed by atoms with Crippen molar-refractivity contribution in [1.82, 2.24) is 0 Å². The molecule has 1 aromatic rings. The van der Waals surface area contributed by atoms with Crippen molar-refractivity contribution in [2.45, 2.75) is 39.2 Å². The van der Waals surface area contributed by atoms with Gasteiger partial charge in [0.15, 0.2) is 5.78 Å². The average Bonchev–Trinajstić information content (AvgIpc) is 2.28. The van der Waals surface area contributed by atoms with Gasteiger partial charge < -0.3 is 4.74 Å². The van der Waals surface area contributed by atoms with Crippen molar-refractivity contribution in [2.75, 3.05) is 6.61 Å². The van der Waals surface area contributed by atoms with Crippen LogP contribution in [0.25, 0.3) is 0 Å². The molecule has 3 heteroatoms. The highest BCUT2D eigenvalue weighted by atomic mass is 19.1. The van der Waals surface area contributed by atoms with Gasteiger partial charge >= 0.3 is 0 Å². The highest BCUT2D eigenvalue weighted by Crippen LogP contribution is 2.22. The molecule has 2 rings (SSSR count). The van der Waals surface area contributed by atoms with Crippen molar-refractivity contribution < 1.29 is 13.9 Å². The third-order valence-corrected chi connectivity index (χ3v) is 3.15. The summed E-state index contributed by atoms with van der Waals surface area (Å²) in [6.45, 7) is 4.19. The van der Waals surface area contributed by atoms with Gasteiger partial charge in [-0.3, -0.25) is 4.79 Å². The third kappa shape index (κ3) is 2.55. The van der Waals surface area contributed by atoms with Crippen LogP contribution in [-0.2, 0) is 4.74 Å². The van der Waals surface area contributed by atoms with Gasteiger partial charge in [-0.2, -0.15) is 0 Å². The Morgan fingerprint density at radius 3 is 2.71 bits per heavy atom. The molecule has 0 radical (unpaired) electrons. The third-order valence-electron chi connectivity index (χ3n) is 3.15. The van der Waals surface area contributed by atoms with Gasteiger partial charge in [-0.25, -0.2) is 4.39 Å². The lowest BCUT2D eigenvalue weighted by Gasteiger charge is -2.22. The number of aryl methyl sites for hydroxylation is 2. The smallest absolute Gasteiger partial charge is 0.194 e. The molecule has 1 fully saturated rings. The summed E-state index contributed by atoms with van der Waals surface area (Å²) in [5.74, 6) is -0.638. The molecule has 0 aromatic heterocycles. The number of hydrogen-bond donors (Lipinski definition) is 0. The molecule has 0 N–H and O–H groups in total. The van der Waals surface area contributed by atoms with Crippen molar-refractivity contribution in [3.63, 3.8) is 0 Å². The lowest BCUT2D eigenvalue weighted by molar-refractivity contribution is 0.0183. The average molecular weight is 236 g/mol. The van der Waals surface area contributed by atoms with Gasteiger partial charge in [0, 0.05) is 6.61 Å².